The lowest BCUT2D eigenvalue weighted by atomic mass is 9.90. The average Bonchev–Trinajstić information content (AvgIpc) is 3.24. The van der Waals surface area contributed by atoms with Gasteiger partial charge in [0.15, 0.2) is 0 Å². The SMILES string of the molecule is Cn1cc(-c2cccc(C(NC(=O)c3cc(C(F)(F)F)ccc3Cl)[C@@H]3CCCCN3)c2)cn1. The van der Waals surface area contributed by atoms with Crippen LogP contribution >= 0.6 is 11.6 Å². The van der Waals surface area contributed by atoms with Crippen molar-refractivity contribution < 1.29 is 18.0 Å². The Kier molecular flexibility index (Phi) is 6.76. The van der Waals surface area contributed by atoms with Crippen LogP contribution in [0.3, 0.4) is 0 Å². The van der Waals surface area contributed by atoms with Crippen LogP contribution in [-0.4, -0.2) is 28.3 Å². The van der Waals surface area contributed by atoms with Crippen molar-refractivity contribution in [3.8, 4) is 11.1 Å². The number of piperidine rings is 1. The van der Waals surface area contributed by atoms with Gasteiger partial charge in [-0.15, -0.1) is 0 Å². The second-order valence-electron chi connectivity index (χ2n) is 8.23. The predicted octanol–water partition coefficient (Wildman–Crippen LogP) is 5.37. The minimum absolute atomic E-state index is 0.0278. The van der Waals surface area contributed by atoms with Crippen molar-refractivity contribution in [1.29, 1.82) is 0 Å². The molecule has 0 aliphatic carbocycles. The van der Waals surface area contributed by atoms with Gasteiger partial charge < -0.3 is 10.6 Å². The molecule has 2 aromatic carbocycles. The van der Waals surface area contributed by atoms with Crippen molar-refractivity contribution in [1.82, 2.24) is 20.4 Å². The molecule has 5 nitrogen and oxygen atoms in total. The van der Waals surface area contributed by atoms with E-state index in [4.69, 9.17) is 11.6 Å². The summed E-state index contributed by atoms with van der Waals surface area (Å²) in [5.41, 5.74) is 1.61. The molecule has 2 heterocycles. The number of alkyl halides is 3. The highest BCUT2D eigenvalue weighted by Crippen LogP contribution is 2.33. The van der Waals surface area contributed by atoms with E-state index in [9.17, 15) is 18.0 Å². The van der Waals surface area contributed by atoms with Crippen molar-refractivity contribution in [2.45, 2.75) is 37.5 Å². The Hall–Kier alpha value is -2.84. The summed E-state index contributed by atoms with van der Waals surface area (Å²) in [4.78, 5) is 13.1. The zero-order valence-electron chi connectivity index (χ0n) is 18.0. The number of benzene rings is 2. The van der Waals surface area contributed by atoms with Crippen LogP contribution in [0.15, 0.2) is 54.9 Å². The fraction of sp³-hybridized carbons (Fsp3) is 0.333. The molecule has 1 aliphatic heterocycles. The van der Waals surface area contributed by atoms with Gasteiger partial charge in [-0.3, -0.25) is 9.48 Å². The number of aryl methyl sites for hydroxylation is 1. The quantitative estimate of drug-likeness (QED) is 0.520. The number of hydrogen-bond acceptors (Lipinski definition) is 3. The normalized spacial score (nSPS) is 17.5. The Morgan fingerprint density at radius 1 is 1.21 bits per heavy atom. The molecule has 1 amide bonds. The molecule has 0 radical (unpaired) electrons. The van der Waals surface area contributed by atoms with E-state index < -0.39 is 23.7 Å². The van der Waals surface area contributed by atoms with Crippen LogP contribution in [-0.2, 0) is 13.2 Å². The summed E-state index contributed by atoms with van der Waals surface area (Å²) >= 11 is 6.11. The maximum absolute atomic E-state index is 13.2. The van der Waals surface area contributed by atoms with Gasteiger partial charge in [0, 0.05) is 24.8 Å². The molecule has 1 unspecified atom stereocenters. The summed E-state index contributed by atoms with van der Waals surface area (Å²) in [7, 11) is 1.83. The third-order valence-electron chi connectivity index (χ3n) is 5.86. The van der Waals surface area contributed by atoms with E-state index in [1.165, 1.54) is 0 Å². The summed E-state index contributed by atoms with van der Waals surface area (Å²) in [6.07, 6.45) is 1.95. The van der Waals surface area contributed by atoms with Gasteiger partial charge in [0.25, 0.3) is 5.91 Å². The fourth-order valence-corrected chi connectivity index (χ4v) is 4.36. The fourth-order valence-electron chi connectivity index (χ4n) is 4.16. The highest BCUT2D eigenvalue weighted by atomic mass is 35.5. The number of nitrogens with one attached hydrogen (secondary N) is 2. The monoisotopic (exact) mass is 476 g/mol. The Morgan fingerprint density at radius 2 is 2.03 bits per heavy atom. The zero-order valence-corrected chi connectivity index (χ0v) is 18.7. The minimum Gasteiger partial charge on any atom is -0.344 e. The number of halogens is 4. The number of nitrogens with zero attached hydrogens (tertiary/aromatic N) is 2. The first kappa shape index (κ1) is 23.3. The Balaban J connectivity index is 1.67. The molecular weight excluding hydrogens is 453 g/mol. The number of carbonyl (C=O) groups excluding carboxylic acids is 1. The molecule has 3 aromatic rings. The van der Waals surface area contributed by atoms with E-state index in [-0.39, 0.29) is 16.6 Å². The summed E-state index contributed by atoms with van der Waals surface area (Å²) < 4.78 is 41.3. The first-order valence-corrected chi connectivity index (χ1v) is 11.1. The Labute approximate surface area is 194 Å². The third-order valence-corrected chi connectivity index (χ3v) is 6.19. The lowest BCUT2D eigenvalue weighted by Gasteiger charge is -2.32. The lowest BCUT2D eigenvalue weighted by molar-refractivity contribution is -0.137. The Bertz CT molecular complexity index is 1140. The second kappa shape index (κ2) is 9.57. The van der Waals surface area contributed by atoms with Crippen molar-refractivity contribution in [3.05, 3.63) is 76.6 Å². The van der Waals surface area contributed by atoms with Gasteiger partial charge in [0.1, 0.15) is 0 Å². The van der Waals surface area contributed by atoms with E-state index in [2.05, 4.69) is 15.7 Å². The van der Waals surface area contributed by atoms with E-state index in [0.717, 1.165) is 60.7 Å². The molecule has 0 saturated carbocycles. The Morgan fingerprint density at radius 3 is 2.70 bits per heavy atom. The smallest absolute Gasteiger partial charge is 0.344 e. The van der Waals surface area contributed by atoms with Crippen molar-refractivity contribution in [2.75, 3.05) is 6.54 Å². The molecule has 1 saturated heterocycles. The molecule has 2 atom stereocenters. The summed E-state index contributed by atoms with van der Waals surface area (Å²) in [6.45, 7) is 0.809. The van der Waals surface area contributed by atoms with Crippen LogP contribution < -0.4 is 10.6 Å². The van der Waals surface area contributed by atoms with Gasteiger partial charge in [0.05, 0.1) is 28.4 Å². The van der Waals surface area contributed by atoms with Gasteiger partial charge in [0.2, 0.25) is 0 Å². The maximum Gasteiger partial charge on any atom is 0.416 e. The minimum atomic E-state index is -4.57. The van der Waals surface area contributed by atoms with Crippen LogP contribution in [0, 0.1) is 0 Å². The summed E-state index contributed by atoms with van der Waals surface area (Å²) in [5, 5.41) is 10.6. The molecule has 0 spiro atoms. The first-order chi connectivity index (χ1) is 15.7. The average molecular weight is 477 g/mol. The van der Waals surface area contributed by atoms with Gasteiger partial charge in [-0.1, -0.05) is 36.2 Å². The lowest BCUT2D eigenvalue weighted by Crippen LogP contribution is -2.46. The van der Waals surface area contributed by atoms with Crippen LogP contribution in [0.2, 0.25) is 5.02 Å². The summed E-state index contributed by atoms with van der Waals surface area (Å²) in [5.74, 6) is -0.643. The topological polar surface area (TPSA) is 59.0 Å². The number of amides is 1. The molecule has 33 heavy (non-hydrogen) atoms. The number of aromatic nitrogens is 2. The molecule has 2 N–H and O–H groups in total. The molecular formula is C24H24ClF3N4O. The highest BCUT2D eigenvalue weighted by molar-refractivity contribution is 6.33. The van der Waals surface area contributed by atoms with E-state index in [1.54, 1.807) is 10.9 Å². The van der Waals surface area contributed by atoms with E-state index >= 15 is 0 Å². The maximum atomic E-state index is 13.2. The standard InChI is InChI=1S/C24H24ClF3N4O/c1-32-14-17(13-30-32)15-5-4-6-16(11-15)22(21-7-2-3-10-29-21)31-23(33)19-12-18(24(26,27)28)8-9-20(19)25/h4-6,8-9,11-14,21-22,29H,2-3,7,10H2,1H3,(H,31,33)/t21-,22?/m0/s1. The van der Waals surface area contributed by atoms with E-state index in [0.29, 0.717) is 0 Å². The molecule has 1 aromatic heterocycles. The van der Waals surface area contributed by atoms with Crippen LogP contribution in [0.25, 0.3) is 11.1 Å². The second-order valence-corrected chi connectivity index (χ2v) is 8.64. The number of hydrogen-bond donors (Lipinski definition) is 2. The largest absolute Gasteiger partial charge is 0.416 e. The number of carbonyl (C=O) groups is 1. The van der Waals surface area contributed by atoms with Gasteiger partial charge in [-0.2, -0.15) is 18.3 Å². The van der Waals surface area contributed by atoms with Crippen molar-refractivity contribution in [2.24, 2.45) is 7.05 Å². The van der Waals surface area contributed by atoms with Gasteiger partial charge in [-0.25, -0.2) is 0 Å². The number of rotatable bonds is 5. The molecule has 9 heteroatoms. The zero-order chi connectivity index (χ0) is 23.6. The van der Waals surface area contributed by atoms with Crippen LogP contribution in [0.5, 0.6) is 0 Å². The summed E-state index contributed by atoms with van der Waals surface area (Å²) in [6, 6.07) is 10.0. The van der Waals surface area contributed by atoms with Crippen molar-refractivity contribution >= 4 is 17.5 Å². The molecule has 1 aliphatic rings. The predicted molar refractivity (Wildman–Crippen MR) is 121 cm³/mol. The van der Waals surface area contributed by atoms with Crippen molar-refractivity contribution in [3.63, 3.8) is 0 Å². The van der Waals surface area contributed by atoms with Gasteiger partial charge >= 0.3 is 6.18 Å². The molecule has 174 valence electrons. The van der Waals surface area contributed by atoms with Crippen LogP contribution in [0.4, 0.5) is 13.2 Å². The molecule has 4 rings (SSSR count). The van der Waals surface area contributed by atoms with Gasteiger partial charge in [-0.05, 0) is 54.8 Å². The molecule has 1 fully saturated rings. The molecule has 0 bridgehead atoms. The first-order valence-electron chi connectivity index (χ1n) is 10.7. The third kappa shape index (κ3) is 5.39. The highest BCUT2D eigenvalue weighted by Gasteiger charge is 2.33. The van der Waals surface area contributed by atoms with E-state index in [1.807, 2.05) is 37.5 Å². The van der Waals surface area contributed by atoms with Crippen LogP contribution in [0.1, 0.15) is 46.8 Å².